The second kappa shape index (κ2) is 4.91. The van der Waals surface area contributed by atoms with E-state index in [0.29, 0.717) is 6.04 Å². The van der Waals surface area contributed by atoms with E-state index in [1.54, 1.807) is 14.2 Å². The minimum atomic E-state index is 0.422. The van der Waals surface area contributed by atoms with Gasteiger partial charge in [0, 0.05) is 19.2 Å². The molecule has 84 valence electrons. The average Bonchev–Trinajstić information content (AvgIpc) is 2.27. The van der Waals surface area contributed by atoms with Crippen LogP contribution in [0.2, 0.25) is 0 Å². The summed E-state index contributed by atoms with van der Waals surface area (Å²) in [4.78, 5) is 2.15. The first kappa shape index (κ1) is 11.7. The summed E-state index contributed by atoms with van der Waals surface area (Å²) >= 11 is 0. The number of nitrogens with zero attached hydrogens (tertiary/aromatic N) is 1. The molecule has 0 N–H and O–H groups in total. The molecule has 0 saturated carbocycles. The molecule has 1 aromatic rings. The lowest BCUT2D eigenvalue weighted by Crippen LogP contribution is -2.26. The van der Waals surface area contributed by atoms with Crippen LogP contribution in [0.5, 0.6) is 11.5 Å². The van der Waals surface area contributed by atoms with Crippen LogP contribution < -0.4 is 14.4 Å². The van der Waals surface area contributed by atoms with Crippen LogP contribution >= 0.6 is 0 Å². The van der Waals surface area contributed by atoms with Gasteiger partial charge in [0.1, 0.15) is 11.5 Å². The summed E-state index contributed by atoms with van der Waals surface area (Å²) in [6, 6.07) is 6.23. The van der Waals surface area contributed by atoms with Crippen molar-refractivity contribution >= 4 is 5.69 Å². The predicted octanol–water partition coefficient (Wildman–Crippen LogP) is 2.55. The van der Waals surface area contributed by atoms with E-state index in [1.165, 1.54) is 0 Å². The highest BCUT2D eigenvalue weighted by Gasteiger charge is 2.11. The minimum Gasteiger partial charge on any atom is -0.497 e. The van der Waals surface area contributed by atoms with Crippen LogP contribution in [0, 0.1) is 0 Å². The van der Waals surface area contributed by atoms with Gasteiger partial charge >= 0.3 is 0 Å². The third-order valence-electron chi connectivity index (χ3n) is 2.54. The molecule has 3 nitrogen and oxygen atoms in total. The molecule has 0 spiro atoms. The second-order valence-electron chi connectivity index (χ2n) is 3.74. The Kier molecular flexibility index (Phi) is 3.83. The highest BCUT2D eigenvalue weighted by Crippen LogP contribution is 2.32. The molecule has 3 heteroatoms. The highest BCUT2D eigenvalue weighted by molar-refractivity contribution is 5.61. The Morgan fingerprint density at radius 2 is 1.80 bits per heavy atom. The molecule has 0 radical (unpaired) electrons. The fourth-order valence-electron chi connectivity index (χ4n) is 1.35. The maximum atomic E-state index is 5.32. The Bertz CT molecular complexity index is 323. The summed E-state index contributed by atoms with van der Waals surface area (Å²) in [7, 11) is 5.39. The van der Waals surface area contributed by atoms with Gasteiger partial charge in [-0.05, 0) is 26.0 Å². The van der Waals surface area contributed by atoms with Crippen molar-refractivity contribution in [3.63, 3.8) is 0 Å². The van der Waals surface area contributed by atoms with Crippen molar-refractivity contribution in [2.75, 3.05) is 26.2 Å². The van der Waals surface area contributed by atoms with Gasteiger partial charge in [0.25, 0.3) is 0 Å². The first-order valence-electron chi connectivity index (χ1n) is 5.05. The molecular formula is C12H19NO2. The van der Waals surface area contributed by atoms with Gasteiger partial charge in [0.2, 0.25) is 0 Å². The van der Waals surface area contributed by atoms with Crippen molar-refractivity contribution in [2.24, 2.45) is 0 Å². The van der Waals surface area contributed by atoms with Crippen LogP contribution in [0.1, 0.15) is 13.8 Å². The van der Waals surface area contributed by atoms with Crippen LogP contribution in [0.15, 0.2) is 18.2 Å². The van der Waals surface area contributed by atoms with Gasteiger partial charge in [-0.15, -0.1) is 0 Å². The molecule has 0 bridgehead atoms. The monoisotopic (exact) mass is 209 g/mol. The van der Waals surface area contributed by atoms with Crippen LogP contribution in [-0.4, -0.2) is 27.3 Å². The first-order chi connectivity index (χ1) is 7.10. The molecule has 0 fully saturated rings. The summed E-state index contributed by atoms with van der Waals surface area (Å²) in [5.74, 6) is 1.71. The zero-order valence-electron chi connectivity index (χ0n) is 10.1. The summed E-state index contributed by atoms with van der Waals surface area (Å²) in [5.41, 5.74) is 1.05. The van der Waals surface area contributed by atoms with E-state index in [0.717, 1.165) is 17.2 Å². The molecule has 0 atom stereocenters. The Morgan fingerprint density at radius 1 is 1.13 bits per heavy atom. The van der Waals surface area contributed by atoms with Crippen molar-refractivity contribution in [1.82, 2.24) is 0 Å². The number of hydrogen-bond acceptors (Lipinski definition) is 3. The van der Waals surface area contributed by atoms with E-state index >= 15 is 0 Å². The largest absolute Gasteiger partial charge is 0.497 e. The number of benzene rings is 1. The smallest absolute Gasteiger partial charge is 0.142 e. The normalized spacial score (nSPS) is 10.3. The summed E-state index contributed by atoms with van der Waals surface area (Å²) < 4.78 is 10.5. The number of ether oxygens (including phenoxy) is 2. The minimum absolute atomic E-state index is 0.422. The summed E-state index contributed by atoms with van der Waals surface area (Å²) in [5, 5.41) is 0. The topological polar surface area (TPSA) is 21.7 Å². The number of anilines is 1. The van der Waals surface area contributed by atoms with Gasteiger partial charge in [-0.2, -0.15) is 0 Å². The Hall–Kier alpha value is -1.38. The lowest BCUT2D eigenvalue weighted by Gasteiger charge is -2.26. The van der Waals surface area contributed by atoms with Gasteiger partial charge in [0.05, 0.1) is 19.9 Å². The SMILES string of the molecule is COc1ccc(OC)c(N(C)C(C)C)c1. The molecule has 0 unspecified atom stereocenters. The maximum Gasteiger partial charge on any atom is 0.142 e. The number of hydrogen-bond donors (Lipinski definition) is 0. The van der Waals surface area contributed by atoms with Crippen molar-refractivity contribution in [1.29, 1.82) is 0 Å². The third-order valence-corrected chi connectivity index (χ3v) is 2.54. The highest BCUT2D eigenvalue weighted by atomic mass is 16.5. The fraction of sp³-hybridized carbons (Fsp3) is 0.500. The molecule has 0 aliphatic carbocycles. The standard InChI is InChI=1S/C12H19NO2/c1-9(2)13(3)11-8-10(14-4)6-7-12(11)15-5/h6-9H,1-5H3. The molecule has 0 aromatic heterocycles. The predicted molar refractivity (Wildman–Crippen MR) is 63.1 cm³/mol. The molecule has 0 heterocycles. The number of rotatable bonds is 4. The van der Waals surface area contributed by atoms with E-state index < -0.39 is 0 Å². The molecule has 0 saturated heterocycles. The lowest BCUT2D eigenvalue weighted by atomic mass is 10.2. The molecule has 0 amide bonds. The Morgan fingerprint density at radius 3 is 2.27 bits per heavy atom. The van der Waals surface area contributed by atoms with E-state index in [4.69, 9.17) is 9.47 Å². The molecule has 15 heavy (non-hydrogen) atoms. The lowest BCUT2D eigenvalue weighted by molar-refractivity contribution is 0.402. The van der Waals surface area contributed by atoms with Gasteiger partial charge in [-0.1, -0.05) is 0 Å². The maximum absolute atomic E-state index is 5.32. The summed E-state index contributed by atoms with van der Waals surface area (Å²) in [6.45, 7) is 4.28. The molecule has 1 aromatic carbocycles. The Labute approximate surface area is 91.6 Å². The molecular weight excluding hydrogens is 190 g/mol. The fourth-order valence-corrected chi connectivity index (χ4v) is 1.35. The first-order valence-corrected chi connectivity index (χ1v) is 5.05. The second-order valence-corrected chi connectivity index (χ2v) is 3.74. The number of methoxy groups -OCH3 is 2. The van der Waals surface area contributed by atoms with Crippen molar-refractivity contribution < 1.29 is 9.47 Å². The van der Waals surface area contributed by atoms with Gasteiger partial charge in [-0.3, -0.25) is 0 Å². The van der Waals surface area contributed by atoms with E-state index in [9.17, 15) is 0 Å². The molecule has 0 aliphatic heterocycles. The van der Waals surface area contributed by atoms with E-state index in [2.05, 4.69) is 18.7 Å². The van der Waals surface area contributed by atoms with E-state index in [1.807, 2.05) is 25.2 Å². The average molecular weight is 209 g/mol. The quantitative estimate of drug-likeness (QED) is 0.760. The zero-order chi connectivity index (χ0) is 11.4. The van der Waals surface area contributed by atoms with Crippen LogP contribution in [0.25, 0.3) is 0 Å². The van der Waals surface area contributed by atoms with Crippen LogP contribution in [0.4, 0.5) is 5.69 Å². The van der Waals surface area contributed by atoms with Crippen molar-refractivity contribution in [3.8, 4) is 11.5 Å². The van der Waals surface area contributed by atoms with Crippen LogP contribution in [-0.2, 0) is 0 Å². The van der Waals surface area contributed by atoms with Crippen molar-refractivity contribution in [2.45, 2.75) is 19.9 Å². The molecule has 1 rings (SSSR count). The van der Waals surface area contributed by atoms with Crippen LogP contribution in [0.3, 0.4) is 0 Å². The zero-order valence-corrected chi connectivity index (χ0v) is 10.1. The van der Waals surface area contributed by atoms with Crippen molar-refractivity contribution in [3.05, 3.63) is 18.2 Å². The molecule has 0 aliphatic rings. The summed E-state index contributed by atoms with van der Waals surface area (Å²) in [6.07, 6.45) is 0. The Balaban J connectivity index is 3.11. The van der Waals surface area contributed by atoms with E-state index in [-0.39, 0.29) is 0 Å². The van der Waals surface area contributed by atoms with Gasteiger partial charge < -0.3 is 14.4 Å². The third kappa shape index (κ3) is 2.55. The van der Waals surface area contributed by atoms with Gasteiger partial charge in [0.15, 0.2) is 0 Å². The van der Waals surface area contributed by atoms with Gasteiger partial charge in [-0.25, -0.2) is 0 Å².